The number of benzene rings is 1. The van der Waals surface area contributed by atoms with Crippen molar-refractivity contribution in [2.75, 3.05) is 0 Å². The first-order valence-electron chi connectivity index (χ1n) is 5.68. The van der Waals surface area contributed by atoms with Crippen LogP contribution in [0.5, 0.6) is 0 Å². The number of aryl methyl sites for hydroxylation is 1. The van der Waals surface area contributed by atoms with E-state index < -0.39 is 0 Å². The van der Waals surface area contributed by atoms with Crippen molar-refractivity contribution in [1.82, 2.24) is 4.98 Å². The molecular formula is C14H14BrFN2. The summed E-state index contributed by atoms with van der Waals surface area (Å²) >= 11 is 3.34. The lowest BCUT2D eigenvalue weighted by Gasteiger charge is -2.15. The van der Waals surface area contributed by atoms with Gasteiger partial charge in [0.15, 0.2) is 0 Å². The van der Waals surface area contributed by atoms with E-state index in [4.69, 9.17) is 5.73 Å². The van der Waals surface area contributed by atoms with Gasteiger partial charge in [-0.2, -0.15) is 0 Å². The van der Waals surface area contributed by atoms with Crippen LogP contribution in [0, 0.1) is 12.7 Å². The fourth-order valence-corrected chi connectivity index (χ4v) is 2.36. The highest BCUT2D eigenvalue weighted by Crippen LogP contribution is 2.22. The quantitative estimate of drug-likeness (QED) is 0.942. The third-order valence-corrected chi connectivity index (χ3v) is 3.40. The first-order chi connectivity index (χ1) is 8.58. The van der Waals surface area contributed by atoms with Crippen LogP contribution >= 0.6 is 15.9 Å². The number of nitrogens with zero attached hydrogens (tertiary/aromatic N) is 1. The summed E-state index contributed by atoms with van der Waals surface area (Å²) in [6.45, 7) is 1.96. The minimum absolute atomic E-state index is 0.222. The second kappa shape index (κ2) is 5.59. The van der Waals surface area contributed by atoms with Crippen LogP contribution in [-0.4, -0.2) is 4.98 Å². The summed E-state index contributed by atoms with van der Waals surface area (Å²) in [5, 5.41) is 0. The fraction of sp³-hybridized carbons (Fsp3) is 0.214. The molecule has 0 spiro atoms. The monoisotopic (exact) mass is 308 g/mol. The number of pyridine rings is 1. The van der Waals surface area contributed by atoms with Gasteiger partial charge >= 0.3 is 0 Å². The summed E-state index contributed by atoms with van der Waals surface area (Å²) in [4.78, 5) is 4.03. The molecule has 4 heteroatoms. The highest BCUT2D eigenvalue weighted by molar-refractivity contribution is 9.10. The van der Waals surface area contributed by atoms with Crippen molar-refractivity contribution < 1.29 is 4.39 Å². The van der Waals surface area contributed by atoms with Crippen molar-refractivity contribution in [3.8, 4) is 0 Å². The molecule has 1 atom stereocenters. The Bertz CT molecular complexity index is 557. The van der Waals surface area contributed by atoms with Crippen LogP contribution in [0.2, 0.25) is 0 Å². The van der Waals surface area contributed by atoms with Gasteiger partial charge in [0.05, 0.1) is 0 Å². The number of aromatic nitrogens is 1. The molecule has 2 N–H and O–H groups in total. The Balaban J connectivity index is 2.24. The van der Waals surface area contributed by atoms with Crippen LogP contribution in [0.15, 0.2) is 41.1 Å². The smallest absolute Gasteiger partial charge is 0.126 e. The number of halogens is 2. The minimum atomic E-state index is -0.225. The van der Waals surface area contributed by atoms with E-state index in [0.717, 1.165) is 15.6 Å². The maximum absolute atomic E-state index is 13.7. The topological polar surface area (TPSA) is 38.9 Å². The zero-order valence-corrected chi connectivity index (χ0v) is 11.6. The van der Waals surface area contributed by atoms with Crippen LogP contribution < -0.4 is 5.73 Å². The van der Waals surface area contributed by atoms with Crippen molar-refractivity contribution in [3.63, 3.8) is 0 Å². The Morgan fingerprint density at radius 2 is 2.17 bits per heavy atom. The summed E-state index contributed by atoms with van der Waals surface area (Å²) in [6.07, 6.45) is 3.95. The lowest BCUT2D eigenvalue weighted by molar-refractivity contribution is 0.592. The van der Waals surface area contributed by atoms with Gasteiger partial charge < -0.3 is 5.73 Å². The van der Waals surface area contributed by atoms with E-state index in [1.165, 1.54) is 6.07 Å². The van der Waals surface area contributed by atoms with Gasteiger partial charge in [0, 0.05) is 22.9 Å². The maximum Gasteiger partial charge on any atom is 0.126 e. The molecule has 0 fully saturated rings. The van der Waals surface area contributed by atoms with Gasteiger partial charge in [0.2, 0.25) is 0 Å². The van der Waals surface area contributed by atoms with Gasteiger partial charge in [-0.15, -0.1) is 0 Å². The lowest BCUT2D eigenvalue weighted by atomic mass is 9.97. The SMILES string of the molecule is Cc1cnccc1C(N)Cc1cc(Br)ccc1F. The molecule has 0 saturated heterocycles. The van der Waals surface area contributed by atoms with Crippen molar-refractivity contribution >= 4 is 15.9 Å². The van der Waals surface area contributed by atoms with Gasteiger partial charge in [-0.1, -0.05) is 15.9 Å². The molecule has 2 rings (SSSR count). The van der Waals surface area contributed by atoms with E-state index in [-0.39, 0.29) is 11.9 Å². The Hall–Kier alpha value is -1.26. The Kier molecular flexibility index (Phi) is 4.09. The number of hydrogen-bond acceptors (Lipinski definition) is 2. The molecular weight excluding hydrogens is 295 g/mol. The van der Waals surface area contributed by atoms with Crippen LogP contribution in [-0.2, 0) is 6.42 Å². The minimum Gasteiger partial charge on any atom is -0.324 e. The molecule has 0 amide bonds. The molecule has 1 aromatic heterocycles. The van der Waals surface area contributed by atoms with Gasteiger partial charge in [-0.25, -0.2) is 4.39 Å². The largest absolute Gasteiger partial charge is 0.324 e. The van der Waals surface area contributed by atoms with Crippen LogP contribution in [0.4, 0.5) is 4.39 Å². The fourth-order valence-electron chi connectivity index (χ4n) is 1.95. The van der Waals surface area contributed by atoms with E-state index in [9.17, 15) is 4.39 Å². The van der Waals surface area contributed by atoms with Gasteiger partial charge in [-0.05, 0) is 54.3 Å². The predicted molar refractivity (Wildman–Crippen MR) is 73.7 cm³/mol. The summed E-state index contributed by atoms with van der Waals surface area (Å²) in [5.74, 6) is -0.222. The molecule has 0 aliphatic carbocycles. The molecule has 0 aliphatic rings. The standard InChI is InChI=1S/C14H14BrFN2/c1-9-8-18-5-4-12(9)14(17)7-10-6-11(15)2-3-13(10)16/h2-6,8,14H,7,17H2,1H3. The normalized spacial score (nSPS) is 12.4. The summed E-state index contributed by atoms with van der Waals surface area (Å²) in [5.41, 5.74) is 8.79. The summed E-state index contributed by atoms with van der Waals surface area (Å²) in [6, 6.07) is 6.56. The predicted octanol–water partition coefficient (Wildman–Crippen LogP) is 3.53. The Morgan fingerprint density at radius 1 is 1.39 bits per heavy atom. The molecule has 0 saturated carbocycles. The molecule has 94 valence electrons. The van der Waals surface area contributed by atoms with Crippen LogP contribution in [0.3, 0.4) is 0 Å². The third-order valence-electron chi connectivity index (χ3n) is 2.91. The van der Waals surface area contributed by atoms with Crippen molar-refractivity contribution in [2.45, 2.75) is 19.4 Å². The van der Waals surface area contributed by atoms with Crippen molar-refractivity contribution in [1.29, 1.82) is 0 Å². The lowest BCUT2D eigenvalue weighted by Crippen LogP contribution is -2.15. The summed E-state index contributed by atoms with van der Waals surface area (Å²) in [7, 11) is 0. The van der Waals surface area contributed by atoms with Gasteiger partial charge in [-0.3, -0.25) is 4.98 Å². The first-order valence-corrected chi connectivity index (χ1v) is 6.47. The molecule has 18 heavy (non-hydrogen) atoms. The van der Waals surface area contributed by atoms with Crippen LogP contribution in [0.1, 0.15) is 22.7 Å². The van der Waals surface area contributed by atoms with Crippen LogP contribution in [0.25, 0.3) is 0 Å². The zero-order chi connectivity index (χ0) is 13.1. The van der Waals surface area contributed by atoms with E-state index >= 15 is 0 Å². The highest BCUT2D eigenvalue weighted by atomic mass is 79.9. The molecule has 1 unspecified atom stereocenters. The third kappa shape index (κ3) is 2.94. The van der Waals surface area contributed by atoms with E-state index in [1.54, 1.807) is 24.5 Å². The average molecular weight is 309 g/mol. The number of nitrogens with two attached hydrogens (primary N) is 1. The van der Waals surface area contributed by atoms with E-state index in [1.807, 2.05) is 13.0 Å². The molecule has 0 bridgehead atoms. The van der Waals surface area contributed by atoms with Gasteiger partial charge in [0.1, 0.15) is 5.82 Å². The number of rotatable bonds is 3. The first kappa shape index (κ1) is 13.2. The van der Waals surface area contributed by atoms with Crippen molar-refractivity contribution in [3.05, 3.63) is 63.6 Å². The maximum atomic E-state index is 13.7. The van der Waals surface area contributed by atoms with Crippen molar-refractivity contribution in [2.24, 2.45) is 5.73 Å². The molecule has 2 nitrogen and oxygen atoms in total. The molecule has 0 radical (unpaired) electrons. The molecule has 1 heterocycles. The molecule has 2 aromatic rings. The molecule has 0 aliphatic heterocycles. The summed E-state index contributed by atoms with van der Waals surface area (Å²) < 4.78 is 14.5. The van der Waals surface area contributed by atoms with Gasteiger partial charge in [0.25, 0.3) is 0 Å². The Morgan fingerprint density at radius 3 is 2.89 bits per heavy atom. The second-order valence-corrected chi connectivity index (χ2v) is 5.19. The number of hydrogen-bond donors (Lipinski definition) is 1. The second-order valence-electron chi connectivity index (χ2n) is 4.28. The molecule has 1 aromatic carbocycles. The zero-order valence-electron chi connectivity index (χ0n) is 10.0. The van der Waals surface area contributed by atoms with E-state index in [2.05, 4.69) is 20.9 Å². The Labute approximate surface area is 114 Å². The van der Waals surface area contributed by atoms with E-state index in [0.29, 0.717) is 12.0 Å². The highest BCUT2D eigenvalue weighted by Gasteiger charge is 2.12. The average Bonchev–Trinajstić information content (AvgIpc) is 2.34.